The number of nitrogens with one attached hydrogen (secondary N) is 3. The lowest BCUT2D eigenvalue weighted by molar-refractivity contribution is 0.0211. The molecule has 0 atom stereocenters. The monoisotopic (exact) mass is 551 g/mol. The molecule has 0 spiro atoms. The van der Waals surface area contributed by atoms with E-state index in [2.05, 4.69) is 31.9 Å². The highest BCUT2D eigenvalue weighted by Crippen LogP contribution is 2.39. The Kier molecular flexibility index (Phi) is 7.39. The van der Waals surface area contributed by atoms with Crippen LogP contribution in [0.5, 0.6) is 0 Å². The third-order valence-electron chi connectivity index (χ3n) is 6.84. The van der Waals surface area contributed by atoms with Gasteiger partial charge < -0.3 is 15.4 Å². The molecule has 1 aliphatic heterocycles. The number of esters is 1. The largest absolute Gasteiger partial charge is 0.459 e. The molecule has 0 unspecified atom stereocenters. The molecule has 0 saturated heterocycles. The third-order valence-corrected chi connectivity index (χ3v) is 10.1. The van der Waals surface area contributed by atoms with Crippen LogP contribution < -0.4 is 16.0 Å². The van der Waals surface area contributed by atoms with Crippen molar-refractivity contribution in [1.82, 2.24) is 10.6 Å². The van der Waals surface area contributed by atoms with Gasteiger partial charge in [0, 0.05) is 22.8 Å². The van der Waals surface area contributed by atoms with Crippen molar-refractivity contribution in [3.8, 4) is 0 Å². The van der Waals surface area contributed by atoms with Gasteiger partial charge in [-0.05, 0) is 97.0 Å². The number of hydrogen-bond donors (Lipinski definition) is 3. The van der Waals surface area contributed by atoms with E-state index in [4.69, 9.17) is 4.74 Å². The summed E-state index contributed by atoms with van der Waals surface area (Å²) in [6, 6.07) is -0.277. The smallest absolute Gasteiger partial charge is 0.341 e. The number of carbonyl (C=O) groups excluding carboxylic acids is 2. The predicted octanol–water partition coefficient (Wildman–Crippen LogP) is 5.91. The van der Waals surface area contributed by atoms with E-state index >= 15 is 0 Å². The standard InChI is InChI=1S/C24H30BrN3O3S2/c25-21-17(15-10-11-26-13-19(15)32-21)12-27-24(30)28-22-20(16-8-4-5-9-18(16)33-22)23(29)31-14-6-2-1-3-7-14/h14,26H,1-13H2,(H2,27,28,30). The number of thiophene rings is 2. The zero-order valence-corrected chi connectivity index (χ0v) is 21.9. The van der Waals surface area contributed by atoms with Crippen molar-refractivity contribution >= 4 is 55.6 Å². The van der Waals surface area contributed by atoms with Gasteiger partial charge in [0.2, 0.25) is 0 Å². The molecule has 1 fully saturated rings. The molecule has 3 heterocycles. The molecular weight excluding hydrogens is 522 g/mol. The average Bonchev–Trinajstić information content (AvgIpc) is 3.34. The van der Waals surface area contributed by atoms with Crippen LogP contribution in [0.2, 0.25) is 0 Å². The Hall–Kier alpha value is -1.42. The van der Waals surface area contributed by atoms with Crippen molar-refractivity contribution in [2.24, 2.45) is 0 Å². The number of halogens is 1. The first-order valence-corrected chi connectivity index (χ1v) is 14.4. The number of carbonyl (C=O) groups is 2. The Morgan fingerprint density at radius 3 is 2.67 bits per heavy atom. The summed E-state index contributed by atoms with van der Waals surface area (Å²) in [4.78, 5) is 28.6. The molecule has 2 aromatic heterocycles. The maximum absolute atomic E-state index is 13.2. The van der Waals surface area contributed by atoms with Gasteiger partial charge in [-0.3, -0.25) is 5.32 Å². The van der Waals surface area contributed by atoms with Crippen LogP contribution in [-0.4, -0.2) is 24.6 Å². The Labute approximate surface area is 211 Å². The minimum absolute atomic E-state index is 0.00340. The maximum atomic E-state index is 13.2. The first-order chi connectivity index (χ1) is 16.1. The summed E-state index contributed by atoms with van der Waals surface area (Å²) in [5, 5.41) is 10.0. The van der Waals surface area contributed by atoms with E-state index in [9.17, 15) is 9.59 Å². The number of ether oxygens (including phenoxy) is 1. The van der Waals surface area contributed by atoms with Crippen molar-refractivity contribution in [2.45, 2.75) is 83.4 Å². The lowest BCUT2D eigenvalue weighted by Crippen LogP contribution is -2.30. The highest BCUT2D eigenvalue weighted by atomic mass is 79.9. The van der Waals surface area contributed by atoms with Gasteiger partial charge in [-0.15, -0.1) is 22.7 Å². The molecule has 2 aromatic rings. The molecule has 1 saturated carbocycles. The summed E-state index contributed by atoms with van der Waals surface area (Å²) in [6.07, 6.45) is 10.4. The summed E-state index contributed by atoms with van der Waals surface area (Å²) in [5.74, 6) is -0.265. The topological polar surface area (TPSA) is 79.5 Å². The van der Waals surface area contributed by atoms with Crippen molar-refractivity contribution in [2.75, 3.05) is 11.9 Å². The fraction of sp³-hybridized carbons (Fsp3) is 0.583. The molecule has 33 heavy (non-hydrogen) atoms. The number of aryl methyl sites for hydroxylation is 1. The SMILES string of the molecule is O=C(NCc1c(Br)sc2c1CCNC2)Nc1sc2c(c1C(=O)OC1CCCCC1)CCCC2. The van der Waals surface area contributed by atoms with E-state index in [1.807, 2.05) is 0 Å². The number of fused-ring (bicyclic) bond motifs is 2. The highest BCUT2D eigenvalue weighted by Gasteiger charge is 2.29. The molecule has 3 aliphatic rings. The van der Waals surface area contributed by atoms with Crippen LogP contribution in [0.15, 0.2) is 3.79 Å². The summed E-state index contributed by atoms with van der Waals surface area (Å²) < 4.78 is 6.99. The summed E-state index contributed by atoms with van der Waals surface area (Å²) in [7, 11) is 0. The van der Waals surface area contributed by atoms with E-state index < -0.39 is 0 Å². The lowest BCUT2D eigenvalue weighted by Gasteiger charge is -2.22. The maximum Gasteiger partial charge on any atom is 0.341 e. The van der Waals surface area contributed by atoms with Gasteiger partial charge in [0.05, 0.1) is 9.35 Å². The van der Waals surface area contributed by atoms with Gasteiger partial charge in [-0.1, -0.05) is 6.42 Å². The van der Waals surface area contributed by atoms with Gasteiger partial charge >= 0.3 is 12.0 Å². The van der Waals surface area contributed by atoms with Crippen LogP contribution in [0.3, 0.4) is 0 Å². The van der Waals surface area contributed by atoms with E-state index in [-0.39, 0.29) is 18.1 Å². The van der Waals surface area contributed by atoms with E-state index in [0.717, 1.165) is 85.8 Å². The zero-order chi connectivity index (χ0) is 22.8. The van der Waals surface area contributed by atoms with Crippen LogP contribution >= 0.6 is 38.6 Å². The van der Waals surface area contributed by atoms with Crippen LogP contribution in [0.4, 0.5) is 9.80 Å². The normalized spacial score (nSPS) is 18.3. The molecule has 0 bridgehead atoms. The van der Waals surface area contributed by atoms with Crippen molar-refractivity contribution < 1.29 is 14.3 Å². The van der Waals surface area contributed by atoms with Gasteiger partial charge in [-0.25, -0.2) is 9.59 Å². The first kappa shape index (κ1) is 23.3. The summed E-state index contributed by atoms with van der Waals surface area (Å²) in [6.45, 7) is 2.31. The lowest BCUT2D eigenvalue weighted by atomic mass is 9.95. The Bertz CT molecular complexity index is 1040. The molecule has 5 rings (SSSR count). The summed E-state index contributed by atoms with van der Waals surface area (Å²) >= 11 is 6.95. The average molecular weight is 553 g/mol. The molecular formula is C24H30BrN3O3S2. The van der Waals surface area contributed by atoms with E-state index in [1.165, 1.54) is 21.7 Å². The van der Waals surface area contributed by atoms with Gasteiger partial charge in [0.25, 0.3) is 0 Å². The number of rotatable bonds is 5. The molecule has 0 radical (unpaired) electrons. The minimum atomic E-state index is -0.277. The van der Waals surface area contributed by atoms with E-state index in [1.54, 1.807) is 22.7 Å². The number of urea groups is 1. The van der Waals surface area contributed by atoms with Crippen LogP contribution in [-0.2, 0) is 37.1 Å². The Morgan fingerprint density at radius 2 is 1.82 bits per heavy atom. The van der Waals surface area contributed by atoms with Crippen LogP contribution in [0.25, 0.3) is 0 Å². The number of hydrogen-bond acceptors (Lipinski definition) is 6. The zero-order valence-electron chi connectivity index (χ0n) is 18.7. The second kappa shape index (κ2) is 10.5. The van der Waals surface area contributed by atoms with Gasteiger partial charge in [0.15, 0.2) is 0 Å². The Morgan fingerprint density at radius 1 is 1.00 bits per heavy atom. The molecule has 6 nitrogen and oxygen atoms in total. The minimum Gasteiger partial charge on any atom is -0.459 e. The second-order valence-corrected chi connectivity index (χ2v) is 12.6. The molecule has 2 aliphatic carbocycles. The van der Waals surface area contributed by atoms with Crippen molar-refractivity contribution in [3.63, 3.8) is 0 Å². The predicted molar refractivity (Wildman–Crippen MR) is 137 cm³/mol. The number of amides is 2. The molecule has 3 N–H and O–H groups in total. The Balaban J connectivity index is 1.29. The highest BCUT2D eigenvalue weighted by molar-refractivity contribution is 9.11. The quantitative estimate of drug-likeness (QED) is 0.403. The van der Waals surface area contributed by atoms with Gasteiger partial charge in [0.1, 0.15) is 11.1 Å². The van der Waals surface area contributed by atoms with E-state index in [0.29, 0.717) is 17.1 Å². The van der Waals surface area contributed by atoms with Crippen molar-refractivity contribution in [1.29, 1.82) is 0 Å². The molecule has 0 aromatic carbocycles. The fourth-order valence-electron chi connectivity index (χ4n) is 5.12. The van der Waals surface area contributed by atoms with Crippen LogP contribution in [0, 0.1) is 0 Å². The third kappa shape index (κ3) is 5.16. The molecule has 2 amide bonds. The first-order valence-electron chi connectivity index (χ1n) is 12.0. The van der Waals surface area contributed by atoms with Gasteiger partial charge in [-0.2, -0.15) is 0 Å². The number of anilines is 1. The molecule has 9 heteroatoms. The van der Waals surface area contributed by atoms with Crippen LogP contribution in [0.1, 0.15) is 81.7 Å². The fourth-order valence-corrected chi connectivity index (χ4v) is 8.42. The van der Waals surface area contributed by atoms with Crippen molar-refractivity contribution in [3.05, 3.63) is 35.8 Å². The molecule has 178 valence electrons. The second-order valence-electron chi connectivity index (χ2n) is 9.07. The summed E-state index contributed by atoms with van der Waals surface area (Å²) in [5.41, 5.74) is 4.18.